The normalized spacial score (nSPS) is 10.8. The van der Waals surface area contributed by atoms with E-state index in [4.69, 9.17) is 0 Å². The Hall–Kier alpha value is -2.76. The number of fused-ring (bicyclic) bond motifs is 1. The number of nitro groups is 1. The summed E-state index contributed by atoms with van der Waals surface area (Å²) in [5.41, 5.74) is 2.26. The monoisotopic (exact) mass is 254 g/mol. The Labute approximate surface area is 108 Å². The van der Waals surface area contributed by atoms with Gasteiger partial charge in [-0.05, 0) is 25.1 Å². The third-order valence-electron chi connectivity index (χ3n) is 2.87. The van der Waals surface area contributed by atoms with Crippen LogP contribution >= 0.6 is 0 Å². The fraction of sp³-hybridized carbons (Fsp3) is 0.0769. The number of hydrogen-bond acceptors (Lipinski definition) is 4. The summed E-state index contributed by atoms with van der Waals surface area (Å²) in [6.07, 6.45) is 1.56. The van der Waals surface area contributed by atoms with Crippen molar-refractivity contribution in [2.45, 2.75) is 6.92 Å². The number of aryl methyl sites for hydroxylation is 1. The molecule has 94 valence electrons. The summed E-state index contributed by atoms with van der Waals surface area (Å²) in [5, 5.41) is 11.1. The van der Waals surface area contributed by atoms with E-state index < -0.39 is 4.92 Å². The minimum absolute atomic E-state index is 0.0336. The van der Waals surface area contributed by atoms with Gasteiger partial charge >= 0.3 is 5.69 Å². The molecule has 0 saturated heterocycles. The van der Waals surface area contributed by atoms with E-state index in [1.807, 2.05) is 24.3 Å². The van der Waals surface area contributed by atoms with Crippen molar-refractivity contribution in [3.05, 3.63) is 58.5 Å². The number of imidazole rings is 1. The SMILES string of the molecule is Cc1ccc([N+](=O)[O-])c(-n2cnc3ccccc32)n1. The molecule has 0 amide bonds. The van der Waals surface area contributed by atoms with Gasteiger partial charge in [-0.25, -0.2) is 9.97 Å². The second kappa shape index (κ2) is 4.16. The molecule has 6 heteroatoms. The number of pyridine rings is 1. The van der Waals surface area contributed by atoms with Gasteiger partial charge in [0.2, 0.25) is 5.82 Å². The molecule has 0 aliphatic carbocycles. The molecule has 0 atom stereocenters. The van der Waals surface area contributed by atoms with Gasteiger partial charge in [0.05, 0.1) is 16.0 Å². The molecule has 0 saturated carbocycles. The maximum atomic E-state index is 11.1. The van der Waals surface area contributed by atoms with Crippen molar-refractivity contribution in [2.24, 2.45) is 0 Å². The molecule has 0 spiro atoms. The second-order valence-corrected chi connectivity index (χ2v) is 4.16. The zero-order chi connectivity index (χ0) is 13.4. The van der Waals surface area contributed by atoms with Crippen LogP contribution in [0.1, 0.15) is 5.69 Å². The number of para-hydroxylation sites is 2. The van der Waals surface area contributed by atoms with Crippen LogP contribution in [0.15, 0.2) is 42.7 Å². The highest BCUT2D eigenvalue weighted by Crippen LogP contribution is 2.24. The van der Waals surface area contributed by atoms with E-state index in [-0.39, 0.29) is 5.69 Å². The average Bonchev–Trinajstić information content (AvgIpc) is 2.82. The van der Waals surface area contributed by atoms with Crippen LogP contribution < -0.4 is 0 Å². The molecule has 2 aromatic heterocycles. The highest BCUT2D eigenvalue weighted by molar-refractivity contribution is 5.77. The Balaban J connectivity index is 2.32. The van der Waals surface area contributed by atoms with Crippen molar-refractivity contribution in [3.63, 3.8) is 0 Å². The van der Waals surface area contributed by atoms with E-state index in [2.05, 4.69) is 9.97 Å². The van der Waals surface area contributed by atoms with Gasteiger partial charge in [-0.3, -0.25) is 14.7 Å². The Bertz CT molecular complexity index is 779. The molecule has 0 N–H and O–H groups in total. The number of hydrogen-bond donors (Lipinski definition) is 0. The first-order valence-electron chi connectivity index (χ1n) is 5.71. The minimum Gasteiger partial charge on any atom is -0.277 e. The van der Waals surface area contributed by atoms with Gasteiger partial charge in [0.25, 0.3) is 0 Å². The van der Waals surface area contributed by atoms with Crippen molar-refractivity contribution in [3.8, 4) is 5.82 Å². The van der Waals surface area contributed by atoms with Crippen LogP contribution in [-0.2, 0) is 0 Å². The van der Waals surface area contributed by atoms with Gasteiger partial charge in [-0.2, -0.15) is 0 Å². The third-order valence-corrected chi connectivity index (χ3v) is 2.87. The first-order valence-corrected chi connectivity index (χ1v) is 5.71. The first-order chi connectivity index (χ1) is 9.16. The van der Waals surface area contributed by atoms with Crippen LogP contribution in [0.3, 0.4) is 0 Å². The van der Waals surface area contributed by atoms with Crippen LogP contribution in [0, 0.1) is 17.0 Å². The molecule has 1 aromatic carbocycles. The summed E-state index contributed by atoms with van der Waals surface area (Å²) >= 11 is 0. The second-order valence-electron chi connectivity index (χ2n) is 4.16. The van der Waals surface area contributed by atoms with Crippen LogP contribution in [-0.4, -0.2) is 19.5 Å². The predicted molar refractivity (Wildman–Crippen MR) is 70.3 cm³/mol. The van der Waals surface area contributed by atoms with Crippen LogP contribution in [0.2, 0.25) is 0 Å². The van der Waals surface area contributed by atoms with Crippen LogP contribution in [0.4, 0.5) is 5.69 Å². The fourth-order valence-corrected chi connectivity index (χ4v) is 1.98. The van der Waals surface area contributed by atoms with Crippen LogP contribution in [0.25, 0.3) is 16.9 Å². The Morgan fingerprint density at radius 2 is 2.00 bits per heavy atom. The quantitative estimate of drug-likeness (QED) is 0.520. The molecule has 0 aliphatic heterocycles. The van der Waals surface area contributed by atoms with E-state index in [1.54, 1.807) is 23.9 Å². The smallest absolute Gasteiger partial charge is 0.277 e. The summed E-state index contributed by atoms with van der Waals surface area (Å²) in [6, 6.07) is 10.5. The summed E-state index contributed by atoms with van der Waals surface area (Å²) in [4.78, 5) is 19.2. The Morgan fingerprint density at radius 1 is 1.21 bits per heavy atom. The van der Waals surface area contributed by atoms with Crippen molar-refractivity contribution in [1.29, 1.82) is 0 Å². The molecule has 0 aliphatic rings. The van der Waals surface area contributed by atoms with E-state index >= 15 is 0 Å². The average molecular weight is 254 g/mol. The maximum Gasteiger partial charge on any atom is 0.312 e. The molecular weight excluding hydrogens is 244 g/mol. The lowest BCUT2D eigenvalue weighted by Gasteiger charge is -2.05. The molecule has 0 fully saturated rings. The molecular formula is C13H10N4O2. The first kappa shape index (κ1) is 11.3. The summed E-state index contributed by atoms with van der Waals surface area (Å²) < 4.78 is 1.64. The fourth-order valence-electron chi connectivity index (χ4n) is 1.98. The number of benzene rings is 1. The molecule has 6 nitrogen and oxygen atoms in total. The van der Waals surface area contributed by atoms with Gasteiger partial charge in [-0.1, -0.05) is 12.1 Å². The number of rotatable bonds is 2. The zero-order valence-corrected chi connectivity index (χ0v) is 10.1. The molecule has 0 radical (unpaired) electrons. The van der Waals surface area contributed by atoms with Gasteiger partial charge < -0.3 is 0 Å². The van der Waals surface area contributed by atoms with Crippen molar-refractivity contribution in [1.82, 2.24) is 14.5 Å². The summed E-state index contributed by atoms with van der Waals surface area (Å²) in [6.45, 7) is 1.80. The van der Waals surface area contributed by atoms with E-state index in [1.165, 1.54) is 6.07 Å². The number of aromatic nitrogens is 3. The van der Waals surface area contributed by atoms with Crippen molar-refractivity contribution < 1.29 is 4.92 Å². The lowest BCUT2D eigenvalue weighted by molar-refractivity contribution is -0.384. The third kappa shape index (κ3) is 1.83. The lowest BCUT2D eigenvalue weighted by atomic mass is 10.3. The number of nitrogens with zero attached hydrogens (tertiary/aromatic N) is 4. The molecule has 3 rings (SSSR count). The zero-order valence-electron chi connectivity index (χ0n) is 10.1. The predicted octanol–water partition coefficient (Wildman–Crippen LogP) is 2.64. The highest BCUT2D eigenvalue weighted by atomic mass is 16.6. The molecule has 3 aromatic rings. The van der Waals surface area contributed by atoms with E-state index in [9.17, 15) is 10.1 Å². The van der Waals surface area contributed by atoms with Gasteiger partial charge in [0.15, 0.2) is 0 Å². The molecule has 2 heterocycles. The van der Waals surface area contributed by atoms with Crippen molar-refractivity contribution >= 4 is 16.7 Å². The van der Waals surface area contributed by atoms with Gasteiger partial charge in [-0.15, -0.1) is 0 Å². The van der Waals surface area contributed by atoms with Gasteiger partial charge in [0, 0.05) is 11.8 Å². The minimum atomic E-state index is -0.434. The van der Waals surface area contributed by atoms with Crippen LogP contribution in [0.5, 0.6) is 0 Å². The summed E-state index contributed by atoms with van der Waals surface area (Å²) in [5.74, 6) is 0.290. The standard InChI is InChI=1S/C13H10N4O2/c1-9-6-7-12(17(18)19)13(15-9)16-8-14-10-4-2-3-5-11(10)16/h2-8H,1H3. The molecule has 0 unspecified atom stereocenters. The van der Waals surface area contributed by atoms with E-state index in [0.29, 0.717) is 5.82 Å². The molecule has 0 bridgehead atoms. The highest BCUT2D eigenvalue weighted by Gasteiger charge is 2.18. The topological polar surface area (TPSA) is 73.8 Å². The van der Waals surface area contributed by atoms with Gasteiger partial charge in [0.1, 0.15) is 6.33 Å². The largest absolute Gasteiger partial charge is 0.312 e. The Kier molecular flexibility index (Phi) is 2.49. The molecule has 19 heavy (non-hydrogen) atoms. The Morgan fingerprint density at radius 3 is 2.79 bits per heavy atom. The van der Waals surface area contributed by atoms with E-state index in [0.717, 1.165) is 16.7 Å². The summed E-state index contributed by atoms with van der Waals surface area (Å²) in [7, 11) is 0. The van der Waals surface area contributed by atoms with Crippen molar-refractivity contribution in [2.75, 3.05) is 0 Å². The lowest BCUT2D eigenvalue weighted by Crippen LogP contribution is -2.03. The maximum absolute atomic E-state index is 11.1.